The predicted octanol–water partition coefficient (Wildman–Crippen LogP) is 2.27. The van der Waals surface area contributed by atoms with E-state index < -0.39 is 6.10 Å². The smallest absolute Gasteiger partial charge is 0.125 e. The zero-order valence-corrected chi connectivity index (χ0v) is 8.66. The molecule has 0 aliphatic heterocycles. The van der Waals surface area contributed by atoms with Crippen molar-refractivity contribution in [2.45, 2.75) is 6.10 Å². The van der Waals surface area contributed by atoms with E-state index >= 15 is 0 Å². The van der Waals surface area contributed by atoms with Crippen molar-refractivity contribution in [2.24, 2.45) is 0 Å². The van der Waals surface area contributed by atoms with Crippen molar-refractivity contribution in [3.63, 3.8) is 0 Å². The highest BCUT2D eigenvalue weighted by Crippen LogP contribution is 2.26. The van der Waals surface area contributed by atoms with Gasteiger partial charge in [-0.25, -0.2) is 0 Å². The molecule has 1 aromatic heterocycles. The molecule has 1 N–H and O–H groups in total. The second-order valence-corrected chi connectivity index (χ2v) is 3.72. The van der Waals surface area contributed by atoms with E-state index in [1.807, 2.05) is 12.1 Å². The van der Waals surface area contributed by atoms with Crippen LogP contribution in [0.1, 0.15) is 17.4 Å². The lowest BCUT2D eigenvalue weighted by Gasteiger charge is -2.08. The first-order chi connectivity index (χ1) is 6.79. The van der Waals surface area contributed by atoms with Crippen molar-refractivity contribution in [1.29, 1.82) is 0 Å². The Morgan fingerprint density at radius 1 is 1.36 bits per heavy atom. The molecular weight excluding hydrogens is 220 g/mol. The molecule has 1 atom stereocenters. The van der Waals surface area contributed by atoms with Crippen LogP contribution in [0.25, 0.3) is 0 Å². The fraction of sp³-hybridized carbons (Fsp3) is 0.111. The van der Waals surface area contributed by atoms with E-state index in [0.29, 0.717) is 16.3 Å². The molecule has 0 aliphatic rings. The van der Waals surface area contributed by atoms with E-state index in [4.69, 9.17) is 11.6 Å². The van der Waals surface area contributed by atoms with Gasteiger partial charge in [-0.15, -0.1) is 0 Å². The first-order valence-electron chi connectivity index (χ1n) is 3.99. The zero-order chi connectivity index (χ0) is 9.97. The lowest BCUT2D eigenvalue weighted by atomic mass is 10.1. The second-order valence-electron chi connectivity index (χ2n) is 2.76. The van der Waals surface area contributed by atoms with Gasteiger partial charge in [-0.1, -0.05) is 29.8 Å². The summed E-state index contributed by atoms with van der Waals surface area (Å²) in [6.45, 7) is 0. The van der Waals surface area contributed by atoms with E-state index in [1.165, 1.54) is 0 Å². The van der Waals surface area contributed by atoms with Crippen molar-refractivity contribution >= 4 is 23.3 Å². The van der Waals surface area contributed by atoms with Crippen molar-refractivity contribution in [3.8, 4) is 0 Å². The number of aliphatic hydroxyl groups is 1. The molecule has 14 heavy (non-hydrogen) atoms. The second kappa shape index (κ2) is 4.04. The van der Waals surface area contributed by atoms with Gasteiger partial charge in [0.2, 0.25) is 0 Å². The number of hydrogen-bond donors (Lipinski definition) is 1. The largest absolute Gasteiger partial charge is 0.382 e. The van der Waals surface area contributed by atoms with Gasteiger partial charge in [0.15, 0.2) is 0 Å². The molecule has 0 amide bonds. The Morgan fingerprint density at radius 2 is 2.14 bits per heavy atom. The topological polar surface area (TPSA) is 46.0 Å². The van der Waals surface area contributed by atoms with Crippen LogP contribution in [0.4, 0.5) is 0 Å². The Hall–Kier alpha value is -0.970. The monoisotopic (exact) mass is 226 g/mol. The van der Waals surface area contributed by atoms with Gasteiger partial charge in [0.05, 0.1) is 17.9 Å². The number of benzene rings is 1. The third kappa shape index (κ3) is 1.77. The van der Waals surface area contributed by atoms with Gasteiger partial charge >= 0.3 is 0 Å². The van der Waals surface area contributed by atoms with Crippen LogP contribution in [0.2, 0.25) is 5.02 Å². The first-order valence-corrected chi connectivity index (χ1v) is 5.10. The number of nitrogens with zero attached hydrogens (tertiary/aromatic N) is 2. The fourth-order valence-corrected chi connectivity index (χ4v) is 1.83. The van der Waals surface area contributed by atoms with E-state index in [1.54, 1.807) is 18.3 Å². The standard InChI is InChI=1S/C9H7ClN2OS/c10-7-4-2-1-3-6(7)9(13)8-5-11-14-12-8/h1-5,9,13H. The highest BCUT2D eigenvalue weighted by atomic mass is 35.5. The van der Waals surface area contributed by atoms with Crippen LogP contribution in [-0.2, 0) is 0 Å². The maximum atomic E-state index is 9.88. The summed E-state index contributed by atoms with van der Waals surface area (Å²) in [7, 11) is 0. The average molecular weight is 227 g/mol. The number of hydrogen-bond acceptors (Lipinski definition) is 4. The average Bonchev–Trinajstić information content (AvgIpc) is 2.70. The van der Waals surface area contributed by atoms with Crippen LogP contribution in [0.15, 0.2) is 30.5 Å². The quantitative estimate of drug-likeness (QED) is 0.855. The summed E-state index contributed by atoms with van der Waals surface area (Å²) in [5.41, 5.74) is 1.19. The number of aromatic nitrogens is 2. The molecule has 0 saturated carbocycles. The Morgan fingerprint density at radius 3 is 2.79 bits per heavy atom. The molecular formula is C9H7ClN2OS. The third-order valence-corrected chi connectivity index (χ3v) is 2.69. The van der Waals surface area contributed by atoms with Crippen molar-refractivity contribution in [2.75, 3.05) is 0 Å². The van der Waals surface area contributed by atoms with Crippen LogP contribution >= 0.6 is 23.3 Å². The highest BCUT2D eigenvalue weighted by molar-refractivity contribution is 6.99. The van der Waals surface area contributed by atoms with Gasteiger partial charge in [-0.05, 0) is 6.07 Å². The third-order valence-electron chi connectivity index (χ3n) is 1.86. The van der Waals surface area contributed by atoms with Crippen LogP contribution in [0.5, 0.6) is 0 Å². The summed E-state index contributed by atoms with van der Waals surface area (Å²) in [5, 5.41) is 10.4. The van der Waals surface area contributed by atoms with E-state index in [2.05, 4.69) is 8.75 Å². The molecule has 2 rings (SSSR count). The number of aliphatic hydroxyl groups excluding tert-OH is 1. The van der Waals surface area contributed by atoms with Crippen molar-refractivity contribution in [1.82, 2.24) is 8.75 Å². The molecule has 0 spiro atoms. The van der Waals surface area contributed by atoms with E-state index in [0.717, 1.165) is 11.7 Å². The van der Waals surface area contributed by atoms with Crippen LogP contribution in [-0.4, -0.2) is 13.9 Å². The minimum Gasteiger partial charge on any atom is -0.382 e. The fourth-order valence-electron chi connectivity index (χ4n) is 1.15. The molecule has 0 bridgehead atoms. The lowest BCUT2D eigenvalue weighted by Crippen LogP contribution is -2.00. The highest BCUT2D eigenvalue weighted by Gasteiger charge is 2.15. The maximum Gasteiger partial charge on any atom is 0.125 e. The molecule has 0 aliphatic carbocycles. The summed E-state index contributed by atoms with van der Waals surface area (Å²) in [6.07, 6.45) is 0.751. The SMILES string of the molecule is OC(c1cnsn1)c1ccccc1Cl. The summed E-state index contributed by atoms with van der Waals surface area (Å²) in [4.78, 5) is 0. The number of halogens is 1. The van der Waals surface area contributed by atoms with Gasteiger partial charge in [0.25, 0.3) is 0 Å². The molecule has 1 heterocycles. The molecule has 72 valence electrons. The molecule has 2 aromatic rings. The molecule has 5 heteroatoms. The Labute approximate surface area is 90.3 Å². The van der Waals surface area contributed by atoms with Gasteiger partial charge in [0.1, 0.15) is 11.8 Å². The van der Waals surface area contributed by atoms with Crippen molar-refractivity contribution in [3.05, 3.63) is 46.7 Å². The normalized spacial score (nSPS) is 12.7. The minimum absolute atomic E-state index is 0.531. The van der Waals surface area contributed by atoms with Crippen molar-refractivity contribution < 1.29 is 5.11 Å². The number of rotatable bonds is 2. The van der Waals surface area contributed by atoms with E-state index in [-0.39, 0.29) is 0 Å². The van der Waals surface area contributed by atoms with E-state index in [9.17, 15) is 5.11 Å². The Balaban J connectivity index is 2.37. The van der Waals surface area contributed by atoms with Crippen LogP contribution in [0, 0.1) is 0 Å². The summed E-state index contributed by atoms with van der Waals surface area (Å²) in [6, 6.07) is 7.15. The van der Waals surface area contributed by atoms with Gasteiger partial charge < -0.3 is 5.11 Å². The predicted molar refractivity (Wildman–Crippen MR) is 55.4 cm³/mol. The maximum absolute atomic E-state index is 9.88. The van der Waals surface area contributed by atoms with Crippen LogP contribution < -0.4 is 0 Å². The summed E-state index contributed by atoms with van der Waals surface area (Å²) in [5.74, 6) is 0. The summed E-state index contributed by atoms with van der Waals surface area (Å²) >= 11 is 7.00. The van der Waals surface area contributed by atoms with Crippen LogP contribution in [0.3, 0.4) is 0 Å². The van der Waals surface area contributed by atoms with Gasteiger partial charge in [-0.2, -0.15) is 8.75 Å². The van der Waals surface area contributed by atoms with Gasteiger partial charge in [0, 0.05) is 10.6 Å². The summed E-state index contributed by atoms with van der Waals surface area (Å²) < 4.78 is 7.78. The minimum atomic E-state index is -0.789. The first kappa shape index (κ1) is 9.58. The molecule has 1 unspecified atom stereocenters. The Kier molecular flexibility index (Phi) is 2.77. The molecule has 0 radical (unpaired) electrons. The molecule has 0 fully saturated rings. The lowest BCUT2D eigenvalue weighted by molar-refractivity contribution is 0.216. The molecule has 3 nitrogen and oxygen atoms in total. The molecule has 0 saturated heterocycles. The molecule has 1 aromatic carbocycles. The Bertz CT molecular complexity index is 419. The van der Waals surface area contributed by atoms with Gasteiger partial charge in [-0.3, -0.25) is 0 Å². The zero-order valence-electron chi connectivity index (χ0n) is 7.09.